The highest BCUT2D eigenvalue weighted by atomic mass is 16.4. The minimum Gasteiger partial charge on any atom is -0.481 e. The number of hydrogen-bond donors (Lipinski definition) is 9. The predicted molar refractivity (Wildman–Crippen MR) is 271 cm³/mol. The van der Waals surface area contributed by atoms with E-state index < -0.39 is 60.4 Å². The number of carbonyl (C=O) groups is 10. The van der Waals surface area contributed by atoms with Gasteiger partial charge in [-0.1, -0.05) is 48.4 Å². The normalized spacial score (nSPS) is 15.0. The fraction of sp³-hybridized carbons (Fsp3) is 0.569. The number of amides is 4. The molecule has 0 aliphatic carbocycles. The molecule has 1 heterocycles. The molecule has 2 aromatic rings. The first kappa shape index (κ1) is 62.3. The number of aliphatic carboxylic acids is 6. The molecule has 1 saturated heterocycles. The van der Waals surface area contributed by atoms with Gasteiger partial charge in [-0.2, -0.15) is 0 Å². The van der Waals surface area contributed by atoms with E-state index in [0.717, 1.165) is 16.7 Å². The molecule has 75 heavy (non-hydrogen) atoms. The highest BCUT2D eigenvalue weighted by molar-refractivity contribution is 5.94. The third-order valence-corrected chi connectivity index (χ3v) is 12.5. The van der Waals surface area contributed by atoms with Gasteiger partial charge in [-0.05, 0) is 75.1 Å². The van der Waals surface area contributed by atoms with Gasteiger partial charge in [-0.3, -0.25) is 53.2 Å². The summed E-state index contributed by atoms with van der Waals surface area (Å²) in [7, 11) is 0. The summed E-state index contributed by atoms with van der Waals surface area (Å²) in [6.45, 7) is 4.57. The third-order valence-electron chi connectivity index (χ3n) is 12.5. The smallest absolute Gasteiger partial charge is 0.326 e. The fourth-order valence-electron chi connectivity index (χ4n) is 8.26. The van der Waals surface area contributed by atoms with Gasteiger partial charge in [0, 0.05) is 96.8 Å². The maximum absolute atomic E-state index is 13.5. The van der Waals surface area contributed by atoms with Crippen molar-refractivity contribution >= 4 is 59.4 Å². The van der Waals surface area contributed by atoms with Crippen LogP contribution in [0.1, 0.15) is 91.3 Å². The van der Waals surface area contributed by atoms with E-state index in [1.807, 2.05) is 36.1 Å². The van der Waals surface area contributed by atoms with E-state index in [1.165, 1.54) is 0 Å². The largest absolute Gasteiger partial charge is 0.481 e. The number of unbranched alkanes of at least 4 members (excludes halogenated alkanes) is 3. The SMILES string of the molecule is Cc1ccc(CN(CCCC[C@H](NC(=O)N[C@@H](CCC(=O)O)C(=O)O)C(=O)O)C(=O)CCCCCNC(=O)c2ccc(CCC(=O)CN3CCN(CC(=O)O)CCN(CC(=O)O)CCN(CC(=O)O)CC3)cc2)cc1. The molecule has 2 aromatic carbocycles. The van der Waals surface area contributed by atoms with Crippen molar-refractivity contribution in [2.24, 2.45) is 0 Å². The third kappa shape index (κ3) is 26.7. The van der Waals surface area contributed by atoms with E-state index in [2.05, 4.69) is 16.0 Å². The lowest BCUT2D eigenvalue weighted by atomic mass is 10.0. The topological polar surface area (TPSA) is 344 Å². The lowest BCUT2D eigenvalue weighted by molar-refractivity contribution is -0.141. The van der Waals surface area contributed by atoms with E-state index in [9.17, 15) is 73.5 Å². The number of nitrogens with one attached hydrogen (secondary N) is 3. The Kier molecular flexibility index (Phi) is 28.0. The van der Waals surface area contributed by atoms with Crippen molar-refractivity contribution in [1.82, 2.24) is 40.4 Å². The van der Waals surface area contributed by atoms with Gasteiger partial charge in [0.25, 0.3) is 5.91 Å². The van der Waals surface area contributed by atoms with Crippen LogP contribution in [0, 0.1) is 6.92 Å². The van der Waals surface area contributed by atoms with Crippen LogP contribution in [-0.2, 0) is 51.3 Å². The summed E-state index contributed by atoms with van der Waals surface area (Å²) in [5.41, 5.74) is 3.23. The van der Waals surface area contributed by atoms with Crippen LogP contribution in [0.4, 0.5) is 4.79 Å². The Balaban J connectivity index is 1.45. The molecular formula is C51H74N8O16. The van der Waals surface area contributed by atoms with Crippen LogP contribution in [-0.4, -0.2) is 218 Å². The van der Waals surface area contributed by atoms with Crippen molar-refractivity contribution in [1.29, 1.82) is 0 Å². The monoisotopic (exact) mass is 1050 g/mol. The van der Waals surface area contributed by atoms with E-state index >= 15 is 0 Å². The Bertz CT molecular complexity index is 2180. The van der Waals surface area contributed by atoms with Crippen molar-refractivity contribution in [3.05, 3.63) is 70.8 Å². The van der Waals surface area contributed by atoms with Crippen molar-refractivity contribution < 1.29 is 78.6 Å². The number of aryl methyl sites for hydroxylation is 2. The number of rotatable bonds is 32. The standard InChI is InChI=1S/C51H74N8O16/c1-36-9-11-38(12-10-36)31-59(22-6-4-7-41(49(71)72)53-51(75)54-42(50(73)74)19-20-44(62)63)43(61)8-3-2-5-21-52-48(70)39-16-13-37(14-17-39)15-18-40(60)32-55-23-25-56(33-45(64)65)27-29-58(35-47(68)69)30-28-57(26-24-55)34-46(66)67/h9-14,16-17,41-42H,2-8,15,18-35H2,1H3,(H,52,70)(H,62,63)(H,64,65)(H,66,67)(H,68,69)(H,71,72)(H,73,74)(H2,53,54,75)/t41-,42-/m0/s1. The second-order valence-corrected chi connectivity index (χ2v) is 18.7. The summed E-state index contributed by atoms with van der Waals surface area (Å²) >= 11 is 0. The summed E-state index contributed by atoms with van der Waals surface area (Å²) < 4.78 is 0. The van der Waals surface area contributed by atoms with Gasteiger partial charge in [-0.15, -0.1) is 0 Å². The van der Waals surface area contributed by atoms with E-state index in [4.69, 9.17) is 5.11 Å². The summed E-state index contributed by atoms with van der Waals surface area (Å²) in [6, 6.07) is 10.7. The zero-order valence-corrected chi connectivity index (χ0v) is 42.7. The lowest BCUT2D eigenvalue weighted by Gasteiger charge is -2.32. The van der Waals surface area contributed by atoms with Crippen LogP contribution in [0.2, 0.25) is 0 Å². The molecule has 0 bridgehead atoms. The molecule has 0 saturated carbocycles. The number of ketones is 1. The zero-order chi connectivity index (χ0) is 55.3. The Labute approximate surface area is 436 Å². The highest BCUT2D eigenvalue weighted by Gasteiger charge is 2.26. The number of carboxylic acids is 6. The summed E-state index contributed by atoms with van der Waals surface area (Å²) in [5.74, 6) is -7.63. The number of benzene rings is 2. The van der Waals surface area contributed by atoms with Gasteiger partial charge in [0.1, 0.15) is 17.9 Å². The van der Waals surface area contributed by atoms with Gasteiger partial charge in [0.05, 0.1) is 26.2 Å². The van der Waals surface area contributed by atoms with Crippen LogP contribution >= 0.6 is 0 Å². The number of carbonyl (C=O) groups excluding carboxylic acids is 4. The quantitative estimate of drug-likeness (QED) is 0.0469. The molecule has 0 aromatic heterocycles. The van der Waals surface area contributed by atoms with Gasteiger partial charge in [0.15, 0.2) is 0 Å². The Morgan fingerprint density at radius 1 is 0.520 bits per heavy atom. The molecule has 1 fully saturated rings. The van der Waals surface area contributed by atoms with E-state index in [1.54, 1.807) is 43.9 Å². The number of hydrogen-bond acceptors (Lipinski definition) is 14. The molecule has 0 radical (unpaired) electrons. The molecule has 4 amide bonds. The summed E-state index contributed by atoms with van der Waals surface area (Å²) in [5, 5.41) is 63.5. The van der Waals surface area contributed by atoms with E-state index in [-0.39, 0.29) is 95.6 Å². The van der Waals surface area contributed by atoms with Crippen molar-refractivity contribution in [2.75, 3.05) is 91.6 Å². The predicted octanol–water partition coefficient (Wildman–Crippen LogP) is 1.53. The van der Waals surface area contributed by atoms with E-state index in [0.29, 0.717) is 89.9 Å². The minimum absolute atomic E-state index is 0.0130. The molecule has 0 spiro atoms. The second kappa shape index (κ2) is 33.7. The minimum atomic E-state index is -1.53. The average molecular weight is 1060 g/mol. The molecule has 414 valence electrons. The van der Waals surface area contributed by atoms with Crippen LogP contribution in [0.25, 0.3) is 0 Å². The Hall–Kier alpha value is -7.02. The first-order valence-electron chi connectivity index (χ1n) is 25.2. The fourth-order valence-corrected chi connectivity index (χ4v) is 8.26. The number of nitrogens with zero attached hydrogens (tertiary/aromatic N) is 5. The molecule has 2 atom stereocenters. The molecule has 1 aliphatic heterocycles. The van der Waals surface area contributed by atoms with Gasteiger partial charge in [0.2, 0.25) is 5.91 Å². The molecule has 0 unspecified atom stereocenters. The van der Waals surface area contributed by atoms with Crippen molar-refractivity contribution in [3.8, 4) is 0 Å². The molecule has 24 heteroatoms. The zero-order valence-electron chi connectivity index (χ0n) is 42.7. The molecule has 24 nitrogen and oxygen atoms in total. The second-order valence-electron chi connectivity index (χ2n) is 18.7. The maximum atomic E-state index is 13.5. The first-order chi connectivity index (χ1) is 35.7. The average Bonchev–Trinajstić information content (AvgIpc) is 3.34. The number of carboxylic acid groups (broad SMARTS) is 6. The van der Waals surface area contributed by atoms with Gasteiger partial charge < -0.3 is 51.5 Å². The maximum Gasteiger partial charge on any atom is 0.326 e. The molecule has 1 aliphatic rings. The Morgan fingerprint density at radius 3 is 1.48 bits per heavy atom. The Morgan fingerprint density at radius 2 is 1.00 bits per heavy atom. The van der Waals surface area contributed by atoms with Gasteiger partial charge in [-0.25, -0.2) is 14.4 Å². The van der Waals surface area contributed by atoms with Crippen molar-refractivity contribution in [3.63, 3.8) is 0 Å². The molecule has 9 N–H and O–H groups in total. The van der Waals surface area contributed by atoms with Crippen LogP contribution in [0.5, 0.6) is 0 Å². The molecule has 3 rings (SSSR count). The van der Waals surface area contributed by atoms with Crippen molar-refractivity contribution in [2.45, 2.75) is 96.2 Å². The van der Waals surface area contributed by atoms with Crippen LogP contribution in [0.15, 0.2) is 48.5 Å². The highest BCUT2D eigenvalue weighted by Crippen LogP contribution is 2.14. The van der Waals surface area contributed by atoms with Crippen LogP contribution < -0.4 is 16.0 Å². The van der Waals surface area contributed by atoms with Gasteiger partial charge >= 0.3 is 41.8 Å². The first-order valence-corrected chi connectivity index (χ1v) is 25.2. The summed E-state index contributed by atoms with van der Waals surface area (Å²) in [4.78, 5) is 130. The van der Waals surface area contributed by atoms with Crippen LogP contribution in [0.3, 0.4) is 0 Å². The number of urea groups is 1. The number of Topliss-reactive ketones (excluding diaryl/α,β-unsaturated/α-hetero) is 1. The lowest BCUT2D eigenvalue weighted by Crippen LogP contribution is -2.51. The summed E-state index contributed by atoms with van der Waals surface area (Å²) in [6.07, 6.45) is 2.44. The molecular weight excluding hydrogens is 981 g/mol.